The van der Waals surface area contributed by atoms with Gasteiger partial charge in [0.1, 0.15) is 0 Å². The first kappa shape index (κ1) is 16.6. The van der Waals surface area contributed by atoms with Crippen molar-refractivity contribution in [3.63, 3.8) is 0 Å². The molecule has 0 heterocycles. The van der Waals surface area contributed by atoms with Crippen LogP contribution in [0.4, 0.5) is 0 Å². The maximum Gasteiger partial charge on any atom is 0.271 e. The van der Waals surface area contributed by atoms with Crippen molar-refractivity contribution in [3.05, 3.63) is 62.6 Å². The van der Waals surface area contributed by atoms with Gasteiger partial charge < -0.3 is 4.74 Å². The number of hydrogen-bond acceptors (Lipinski definition) is 3. The van der Waals surface area contributed by atoms with E-state index in [4.69, 9.17) is 39.5 Å². The van der Waals surface area contributed by atoms with Crippen LogP contribution >= 0.6 is 34.8 Å². The van der Waals surface area contributed by atoms with E-state index >= 15 is 0 Å². The van der Waals surface area contributed by atoms with Gasteiger partial charge in [-0.1, -0.05) is 46.9 Å². The number of nitrogens with one attached hydrogen (secondary N) is 1. The zero-order valence-electron chi connectivity index (χ0n) is 11.4. The largest absolute Gasteiger partial charge is 0.494 e. The summed E-state index contributed by atoms with van der Waals surface area (Å²) in [7, 11) is 1.45. The van der Waals surface area contributed by atoms with Crippen molar-refractivity contribution in [2.24, 2.45) is 5.10 Å². The Morgan fingerprint density at radius 3 is 2.27 bits per heavy atom. The Balaban J connectivity index is 2.08. The number of rotatable bonds is 4. The van der Waals surface area contributed by atoms with Crippen LogP contribution in [0.2, 0.25) is 15.1 Å². The van der Waals surface area contributed by atoms with Gasteiger partial charge in [0.2, 0.25) is 0 Å². The molecule has 1 N–H and O–H groups in total. The van der Waals surface area contributed by atoms with Crippen LogP contribution in [0.3, 0.4) is 0 Å². The van der Waals surface area contributed by atoms with Crippen LogP contribution in [0.25, 0.3) is 0 Å². The molecule has 0 fully saturated rings. The number of methoxy groups -OCH3 is 1. The Kier molecular flexibility index (Phi) is 5.66. The average molecular weight is 358 g/mol. The number of hydrogen-bond donors (Lipinski definition) is 1. The molecule has 2 aromatic carbocycles. The van der Waals surface area contributed by atoms with Gasteiger partial charge in [0.05, 0.1) is 23.4 Å². The van der Waals surface area contributed by atoms with Crippen LogP contribution in [0, 0.1) is 0 Å². The molecular weight excluding hydrogens is 347 g/mol. The molecule has 0 bridgehead atoms. The molecule has 7 heteroatoms. The molecule has 0 atom stereocenters. The van der Waals surface area contributed by atoms with Crippen molar-refractivity contribution in [1.82, 2.24) is 5.43 Å². The third kappa shape index (κ3) is 4.13. The van der Waals surface area contributed by atoms with E-state index in [-0.39, 0.29) is 15.6 Å². The number of benzene rings is 2. The third-order valence-electron chi connectivity index (χ3n) is 2.71. The van der Waals surface area contributed by atoms with E-state index in [1.165, 1.54) is 25.5 Å². The van der Waals surface area contributed by atoms with Crippen LogP contribution in [-0.2, 0) is 0 Å². The fourth-order valence-electron chi connectivity index (χ4n) is 1.66. The zero-order valence-corrected chi connectivity index (χ0v) is 13.7. The minimum absolute atomic E-state index is 0.252. The van der Waals surface area contributed by atoms with Gasteiger partial charge in [-0.2, -0.15) is 5.10 Å². The van der Waals surface area contributed by atoms with Crippen LogP contribution in [-0.4, -0.2) is 19.2 Å². The Hall–Kier alpha value is -1.75. The fraction of sp³-hybridized carbons (Fsp3) is 0.0667. The van der Waals surface area contributed by atoms with Gasteiger partial charge in [-0.05, 0) is 29.8 Å². The Morgan fingerprint density at radius 1 is 1.14 bits per heavy atom. The normalized spacial score (nSPS) is 10.7. The molecule has 2 aromatic rings. The van der Waals surface area contributed by atoms with Crippen LogP contribution in [0.15, 0.2) is 41.5 Å². The third-order valence-corrected chi connectivity index (χ3v) is 3.53. The summed E-state index contributed by atoms with van der Waals surface area (Å²) in [6.07, 6.45) is 1.50. The van der Waals surface area contributed by atoms with Gasteiger partial charge >= 0.3 is 0 Å². The van der Waals surface area contributed by atoms with Crippen LogP contribution < -0.4 is 10.2 Å². The Bertz CT molecular complexity index is 692. The van der Waals surface area contributed by atoms with E-state index in [1.54, 1.807) is 24.3 Å². The molecule has 0 aliphatic carbocycles. The van der Waals surface area contributed by atoms with Gasteiger partial charge in [-0.25, -0.2) is 5.43 Å². The van der Waals surface area contributed by atoms with Crippen molar-refractivity contribution in [2.75, 3.05) is 7.11 Å². The van der Waals surface area contributed by atoms with Crippen LogP contribution in [0.1, 0.15) is 15.9 Å². The predicted octanol–water partition coefficient (Wildman–Crippen LogP) is 4.42. The highest BCUT2D eigenvalue weighted by atomic mass is 35.5. The van der Waals surface area contributed by atoms with Crippen molar-refractivity contribution >= 4 is 46.9 Å². The van der Waals surface area contributed by atoms with Crippen molar-refractivity contribution in [3.8, 4) is 5.75 Å². The molecule has 1 amide bonds. The van der Waals surface area contributed by atoms with Gasteiger partial charge in [0.15, 0.2) is 5.75 Å². The average Bonchev–Trinajstić information content (AvgIpc) is 2.49. The van der Waals surface area contributed by atoms with E-state index in [9.17, 15) is 4.79 Å². The number of carbonyl (C=O) groups excluding carboxylic acids is 1. The van der Waals surface area contributed by atoms with E-state index in [1.807, 2.05) is 0 Å². The highest BCUT2D eigenvalue weighted by Gasteiger charge is 2.12. The quantitative estimate of drug-likeness (QED) is 0.650. The summed E-state index contributed by atoms with van der Waals surface area (Å²) in [5.74, 6) is -0.110. The predicted molar refractivity (Wildman–Crippen MR) is 89.5 cm³/mol. The van der Waals surface area contributed by atoms with Crippen LogP contribution in [0.5, 0.6) is 5.75 Å². The summed E-state index contributed by atoms with van der Waals surface area (Å²) in [6, 6.07) is 9.93. The second-order valence-electron chi connectivity index (χ2n) is 4.22. The lowest BCUT2D eigenvalue weighted by Gasteiger charge is -2.07. The summed E-state index contributed by atoms with van der Waals surface area (Å²) < 4.78 is 5.02. The molecule has 0 saturated carbocycles. The second kappa shape index (κ2) is 7.49. The summed E-state index contributed by atoms with van der Waals surface area (Å²) >= 11 is 17.7. The van der Waals surface area contributed by atoms with Gasteiger partial charge in [0, 0.05) is 10.6 Å². The maximum atomic E-state index is 12.0. The lowest BCUT2D eigenvalue weighted by atomic mass is 10.2. The van der Waals surface area contributed by atoms with Crippen molar-refractivity contribution < 1.29 is 9.53 Å². The molecule has 0 aromatic heterocycles. The second-order valence-corrected chi connectivity index (χ2v) is 5.47. The van der Waals surface area contributed by atoms with Gasteiger partial charge in [-0.3, -0.25) is 4.79 Å². The highest BCUT2D eigenvalue weighted by Crippen LogP contribution is 2.33. The number of ether oxygens (including phenoxy) is 1. The molecule has 0 aliphatic heterocycles. The molecule has 0 radical (unpaired) electrons. The molecule has 22 heavy (non-hydrogen) atoms. The molecule has 0 aliphatic rings. The first-order valence-corrected chi connectivity index (χ1v) is 7.26. The SMILES string of the molecule is COc1c(Cl)cc(C(=O)N/N=C/c2ccc(Cl)cc2)cc1Cl. The summed E-state index contributed by atoms with van der Waals surface area (Å²) in [6.45, 7) is 0. The smallest absolute Gasteiger partial charge is 0.271 e. The Morgan fingerprint density at radius 2 is 1.73 bits per heavy atom. The number of amides is 1. The number of nitrogens with zero attached hydrogens (tertiary/aromatic N) is 1. The van der Waals surface area contributed by atoms with Gasteiger partial charge in [0.25, 0.3) is 5.91 Å². The molecular formula is C15H11Cl3N2O2. The number of halogens is 3. The number of hydrazone groups is 1. The first-order valence-electron chi connectivity index (χ1n) is 6.13. The van der Waals surface area contributed by atoms with Crippen molar-refractivity contribution in [1.29, 1.82) is 0 Å². The van der Waals surface area contributed by atoms with Gasteiger partial charge in [-0.15, -0.1) is 0 Å². The number of carbonyl (C=O) groups is 1. The van der Waals surface area contributed by atoms with E-state index in [2.05, 4.69) is 10.5 Å². The molecule has 114 valence electrons. The molecule has 0 unspecified atom stereocenters. The summed E-state index contributed by atoms with van der Waals surface area (Å²) in [5, 5.41) is 5.00. The molecule has 2 rings (SSSR count). The monoisotopic (exact) mass is 356 g/mol. The minimum atomic E-state index is -0.434. The minimum Gasteiger partial charge on any atom is -0.494 e. The molecule has 0 saturated heterocycles. The zero-order chi connectivity index (χ0) is 16.1. The first-order chi connectivity index (χ1) is 10.5. The summed E-state index contributed by atoms with van der Waals surface area (Å²) in [5.41, 5.74) is 3.48. The molecule has 0 spiro atoms. The highest BCUT2D eigenvalue weighted by molar-refractivity contribution is 6.37. The van der Waals surface area contributed by atoms with Crippen molar-refractivity contribution in [2.45, 2.75) is 0 Å². The summed E-state index contributed by atoms with van der Waals surface area (Å²) in [4.78, 5) is 12.0. The lowest BCUT2D eigenvalue weighted by molar-refractivity contribution is 0.0955. The topological polar surface area (TPSA) is 50.7 Å². The van der Waals surface area contributed by atoms with E-state index in [0.29, 0.717) is 10.8 Å². The Labute approximate surface area is 142 Å². The van der Waals surface area contributed by atoms with E-state index < -0.39 is 5.91 Å². The lowest BCUT2D eigenvalue weighted by Crippen LogP contribution is -2.17. The maximum absolute atomic E-state index is 12.0. The molecule has 4 nitrogen and oxygen atoms in total. The van der Waals surface area contributed by atoms with E-state index in [0.717, 1.165) is 5.56 Å². The standard InChI is InChI=1S/C15H11Cl3N2O2/c1-22-14-12(17)6-10(7-13(14)18)15(21)20-19-8-9-2-4-11(16)5-3-9/h2-8H,1H3,(H,20,21)/b19-8+. The fourth-order valence-corrected chi connectivity index (χ4v) is 2.43.